The van der Waals surface area contributed by atoms with Gasteiger partial charge in [-0.15, -0.1) is 0 Å². The van der Waals surface area contributed by atoms with E-state index in [0.29, 0.717) is 32.0 Å². The van der Waals surface area contributed by atoms with E-state index < -0.39 is 5.41 Å². The van der Waals surface area contributed by atoms with Gasteiger partial charge in [-0.25, -0.2) is 0 Å². The van der Waals surface area contributed by atoms with Crippen LogP contribution in [0.2, 0.25) is 0 Å². The molecule has 1 saturated heterocycles. The Balaban J connectivity index is 2.11. The SMILES string of the molecule is CCC1CCCCC1NC(=O)C1(C(N)=NO)CCOCC1. The summed E-state index contributed by atoms with van der Waals surface area (Å²) < 4.78 is 5.33. The van der Waals surface area contributed by atoms with Crippen molar-refractivity contribution in [3.8, 4) is 0 Å². The van der Waals surface area contributed by atoms with E-state index in [1.807, 2.05) is 0 Å². The molecule has 1 aliphatic heterocycles. The third-order valence-electron chi connectivity index (χ3n) is 5.13. The van der Waals surface area contributed by atoms with E-state index in [2.05, 4.69) is 17.4 Å². The largest absolute Gasteiger partial charge is 0.409 e. The normalized spacial score (nSPS) is 29.9. The average molecular weight is 297 g/mol. The van der Waals surface area contributed by atoms with E-state index in [1.165, 1.54) is 12.8 Å². The lowest BCUT2D eigenvalue weighted by atomic mass is 9.76. The maximum Gasteiger partial charge on any atom is 0.234 e. The van der Waals surface area contributed by atoms with Gasteiger partial charge >= 0.3 is 0 Å². The Bertz CT molecular complexity index is 392. The van der Waals surface area contributed by atoms with Crippen molar-refractivity contribution in [2.24, 2.45) is 22.2 Å². The Morgan fingerprint density at radius 3 is 2.67 bits per heavy atom. The fourth-order valence-electron chi connectivity index (χ4n) is 3.61. The fraction of sp³-hybridized carbons (Fsp3) is 0.867. The van der Waals surface area contributed by atoms with Crippen LogP contribution in [0.4, 0.5) is 0 Å². The van der Waals surface area contributed by atoms with E-state index >= 15 is 0 Å². The minimum Gasteiger partial charge on any atom is -0.409 e. The van der Waals surface area contributed by atoms with Gasteiger partial charge in [0, 0.05) is 19.3 Å². The Hall–Kier alpha value is -1.30. The van der Waals surface area contributed by atoms with Gasteiger partial charge in [0.25, 0.3) is 0 Å². The van der Waals surface area contributed by atoms with Crippen LogP contribution < -0.4 is 11.1 Å². The number of hydrogen-bond acceptors (Lipinski definition) is 4. The molecule has 0 aromatic rings. The predicted octanol–water partition coefficient (Wildman–Crippen LogP) is 1.61. The lowest BCUT2D eigenvalue weighted by Gasteiger charge is -2.38. The predicted molar refractivity (Wildman–Crippen MR) is 80.1 cm³/mol. The summed E-state index contributed by atoms with van der Waals surface area (Å²) in [6, 6.07) is 0.211. The van der Waals surface area contributed by atoms with Crippen molar-refractivity contribution in [1.29, 1.82) is 0 Å². The minimum atomic E-state index is -0.914. The summed E-state index contributed by atoms with van der Waals surface area (Å²) in [5, 5.41) is 15.3. The van der Waals surface area contributed by atoms with Crippen LogP contribution in [0.5, 0.6) is 0 Å². The van der Waals surface area contributed by atoms with Gasteiger partial charge in [0.1, 0.15) is 5.41 Å². The monoisotopic (exact) mass is 297 g/mol. The van der Waals surface area contributed by atoms with Crippen LogP contribution in [-0.2, 0) is 9.53 Å². The van der Waals surface area contributed by atoms with Crippen molar-refractivity contribution in [3.63, 3.8) is 0 Å². The smallest absolute Gasteiger partial charge is 0.234 e. The third-order valence-corrected chi connectivity index (χ3v) is 5.13. The van der Waals surface area contributed by atoms with Gasteiger partial charge in [-0.05, 0) is 31.6 Å². The molecule has 1 saturated carbocycles. The van der Waals surface area contributed by atoms with Crippen molar-refractivity contribution in [2.45, 2.75) is 57.9 Å². The van der Waals surface area contributed by atoms with Crippen molar-refractivity contribution >= 4 is 11.7 Å². The molecular weight excluding hydrogens is 270 g/mol. The van der Waals surface area contributed by atoms with Crippen molar-refractivity contribution in [3.05, 3.63) is 0 Å². The molecule has 1 heterocycles. The number of hydrogen-bond donors (Lipinski definition) is 3. The summed E-state index contributed by atoms with van der Waals surface area (Å²) in [4.78, 5) is 12.8. The van der Waals surface area contributed by atoms with Crippen LogP contribution in [0.15, 0.2) is 5.16 Å². The van der Waals surface area contributed by atoms with Crippen LogP contribution in [0.3, 0.4) is 0 Å². The van der Waals surface area contributed by atoms with Gasteiger partial charge in [-0.2, -0.15) is 0 Å². The minimum absolute atomic E-state index is 0.00663. The van der Waals surface area contributed by atoms with E-state index in [4.69, 9.17) is 15.7 Å². The molecule has 6 nitrogen and oxygen atoms in total. The van der Waals surface area contributed by atoms with Crippen LogP contribution in [0.25, 0.3) is 0 Å². The summed E-state index contributed by atoms with van der Waals surface area (Å²) in [6.07, 6.45) is 6.60. The maximum absolute atomic E-state index is 12.8. The van der Waals surface area contributed by atoms with E-state index in [0.717, 1.165) is 19.3 Å². The van der Waals surface area contributed by atoms with Crippen LogP contribution in [0.1, 0.15) is 51.9 Å². The zero-order valence-electron chi connectivity index (χ0n) is 12.8. The molecule has 2 unspecified atom stereocenters. The Kier molecular flexibility index (Phi) is 5.45. The number of carbonyl (C=O) groups is 1. The standard InChI is InChI=1S/C15H27N3O3/c1-2-11-5-3-4-6-12(11)17-14(19)15(13(16)18-20)7-9-21-10-8-15/h11-12,20H,2-10H2,1H3,(H2,16,18)(H,17,19). The highest BCUT2D eigenvalue weighted by atomic mass is 16.5. The van der Waals surface area contributed by atoms with Crippen molar-refractivity contribution in [2.75, 3.05) is 13.2 Å². The molecule has 120 valence electrons. The Morgan fingerprint density at radius 2 is 2.05 bits per heavy atom. The molecule has 21 heavy (non-hydrogen) atoms. The second-order valence-electron chi connectivity index (χ2n) is 6.21. The molecule has 0 radical (unpaired) electrons. The Morgan fingerprint density at radius 1 is 1.38 bits per heavy atom. The number of rotatable bonds is 4. The van der Waals surface area contributed by atoms with Gasteiger partial charge < -0.3 is 21.0 Å². The molecule has 1 aliphatic carbocycles. The molecule has 0 bridgehead atoms. The summed E-state index contributed by atoms with van der Waals surface area (Å²) in [5.41, 5.74) is 4.93. The highest BCUT2D eigenvalue weighted by Gasteiger charge is 2.45. The zero-order valence-corrected chi connectivity index (χ0v) is 12.8. The molecule has 1 amide bonds. The quantitative estimate of drug-likeness (QED) is 0.318. The number of oxime groups is 1. The number of amides is 1. The van der Waals surface area contributed by atoms with Crippen LogP contribution in [0, 0.1) is 11.3 Å². The first-order chi connectivity index (χ1) is 10.1. The topological polar surface area (TPSA) is 96.9 Å². The zero-order chi connectivity index (χ0) is 15.3. The number of nitrogens with zero attached hydrogens (tertiary/aromatic N) is 1. The lowest BCUT2D eigenvalue weighted by molar-refractivity contribution is -0.133. The van der Waals surface area contributed by atoms with Crippen molar-refractivity contribution in [1.82, 2.24) is 5.32 Å². The first-order valence-corrected chi connectivity index (χ1v) is 8.00. The molecule has 0 spiro atoms. The highest BCUT2D eigenvalue weighted by molar-refractivity contribution is 6.06. The van der Waals surface area contributed by atoms with E-state index in [1.54, 1.807) is 0 Å². The molecule has 2 rings (SSSR count). The van der Waals surface area contributed by atoms with Crippen LogP contribution >= 0.6 is 0 Å². The van der Waals surface area contributed by atoms with E-state index in [-0.39, 0.29) is 17.8 Å². The number of nitrogens with one attached hydrogen (secondary N) is 1. The second kappa shape index (κ2) is 7.11. The summed E-state index contributed by atoms with van der Waals surface area (Å²) in [5.74, 6) is 0.436. The number of amidine groups is 1. The molecule has 4 N–H and O–H groups in total. The molecule has 2 aliphatic rings. The van der Waals surface area contributed by atoms with Gasteiger partial charge in [0.15, 0.2) is 5.84 Å². The highest BCUT2D eigenvalue weighted by Crippen LogP contribution is 2.33. The summed E-state index contributed by atoms with van der Waals surface area (Å²) >= 11 is 0. The number of nitrogens with two attached hydrogens (primary N) is 1. The molecule has 2 fully saturated rings. The second-order valence-corrected chi connectivity index (χ2v) is 6.21. The molecular formula is C15H27N3O3. The van der Waals surface area contributed by atoms with Gasteiger partial charge in [0.05, 0.1) is 0 Å². The lowest BCUT2D eigenvalue weighted by Crippen LogP contribution is -2.56. The molecule has 0 aromatic heterocycles. The van der Waals surface area contributed by atoms with Gasteiger partial charge in [-0.1, -0.05) is 31.3 Å². The average Bonchev–Trinajstić information content (AvgIpc) is 2.55. The van der Waals surface area contributed by atoms with Gasteiger partial charge in [-0.3, -0.25) is 4.79 Å². The summed E-state index contributed by atoms with van der Waals surface area (Å²) in [7, 11) is 0. The molecule has 0 aromatic carbocycles. The number of carbonyl (C=O) groups excluding carboxylic acids is 1. The maximum atomic E-state index is 12.8. The van der Waals surface area contributed by atoms with Crippen LogP contribution in [-0.4, -0.2) is 36.2 Å². The van der Waals surface area contributed by atoms with E-state index in [9.17, 15) is 4.79 Å². The summed E-state index contributed by atoms with van der Waals surface area (Å²) in [6.45, 7) is 3.10. The van der Waals surface area contributed by atoms with Crippen molar-refractivity contribution < 1.29 is 14.7 Å². The third kappa shape index (κ3) is 3.31. The molecule has 2 atom stereocenters. The van der Waals surface area contributed by atoms with Gasteiger partial charge in [0.2, 0.25) is 5.91 Å². The fourth-order valence-corrected chi connectivity index (χ4v) is 3.61. The number of ether oxygens (including phenoxy) is 1. The first kappa shape index (κ1) is 16.1. The Labute approximate surface area is 126 Å². The molecule has 6 heteroatoms. The first-order valence-electron chi connectivity index (χ1n) is 8.00.